The molecule has 2 aromatic rings. The average molecular weight is 500 g/mol. The predicted octanol–water partition coefficient (Wildman–Crippen LogP) is 3.67. The predicted molar refractivity (Wildman–Crippen MR) is 118 cm³/mol. The minimum Gasteiger partial charge on any atom is -0.453 e. The van der Waals surface area contributed by atoms with Crippen molar-refractivity contribution in [3.63, 3.8) is 0 Å². The molecule has 152 valence electrons. The van der Waals surface area contributed by atoms with E-state index in [0.29, 0.717) is 18.2 Å². The van der Waals surface area contributed by atoms with Crippen LogP contribution in [0.15, 0.2) is 47.7 Å². The minimum absolute atomic E-state index is 0. The van der Waals surface area contributed by atoms with Gasteiger partial charge in [0.1, 0.15) is 5.75 Å². The number of benzene rings is 1. The van der Waals surface area contributed by atoms with E-state index in [1.54, 1.807) is 44.8 Å². The summed E-state index contributed by atoms with van der Waals surface area (Å²) in [5, 5.41) is 3.30. The topological polar surface area (TPSA) is 59.0 Å². The molecule has 3 rings (SSSR count). The van der Waals surface area contributed by atoms with Crippen LogP contribution in [-0.2, 0) is 11.3 Å². The molecule has 6 nitrogen and oxygen atoms in total. The molecule has 1 saturated heterocycles. The first-order valence-corrected chi connectivity index (χ1v) is 9.00. The maximum atomic E-state index is 14.4. The molecule has 1 unspecified atom stereocenters. The molecule has 1 fully saturated rings. The Morgan fingerprint density at radius 3 is 2.93 bits per heavy atom. The fourth-order valence-corrected chi connectivity index (χ4v) is 3.18. The van der Waals surface area contributed by atoms with Crippen molar-refractivity contribution < 1.29 is 13.9 Å². The van der Waals surface area contributed by atoms with Gasteiger partial charge in [0, 0.05) is 45.9 Å². The molecule has 1 N–H and O–H groups in total. The number of rotatable bonds is 6. The van der Waals surface area contributed by atoms with Gasteiger partial charge >= 0.3 is 0 Å². The van der Waals surface area contributed by atoms with E-state index in [1.165, 1.54) is 6.07 Å². The molecule has 1 aliphatic rings. The van der Waals surface area contributed by atoms with Crippen LogP contribution >= 0.6 is 24.0 Å². The van der Waals surface area contributed by atoms with Crippen LogP contribution in [-0.4, -0.2) is 49.7 Å². The van der Waals surface area contributed by atoms with Crippen LogP contribution in [0.5, 0.6) is 11.5 Å². The number of hydrogen-bond donors (Lipinski definition) is 1. The molecular weight excluding hydrogens is 474 g/mol. The Labute approximate surface area is 182 Å². The Hall–Kier alpha value is -1.94. The van der Waals surface area contributed by atoms with Gasteiger partial charge in [-0.15, -0.1) is 24.0 Å². The van der Waals surface area contributed by atoms with Gasteiger partial charge in [-0.25, -0.2) is 4.39 Å². The molecular formula is C20H26FIN4O2. The zero-order valence-electron chi connectivity index (χ0n) is 16.1. The largest absolute Gasteiger partial charge is 0.453 e. The number of likely N-dealkylation sites (tertiary alicyclic amines) is 1. The molecule has 1 aromatic heterocycles. The zero-order chi connectivity index (χ0) is 19.1. The summed E-state index contributed by atoms with van der Waals surface area (Å²) >= 11 is 0. The van der Waals surface area contributed by atoms with Gasteiger partial charge in [-0.1, -0.05) is 6.07 Å². The number of ether oxygens (including phenoxy) is 2. The highest BCUT2D eigenvalue weighted by Gasteiger charge is 2.24. The van der Waals surface area contributed by atoms with Crippen LogP contribution in [0.4, 0.5) is 4.39 Å². The number of aromatic nitrogens is 1. The molecule has 0 saturated carbocycles. The highest BCUT2D eigenvalue weighted by atomic mass is 127. The van der Waals surface area contributed by atoms with Crippen molar-refractivity contribution in [2.24, 2.45) is 10.9 Å². The Balaban J connectivity index is 0.00000280. The van der Waals surface area contributed by atoms with Crippen molar-refractivity contribution in [2.45, 2.75) is 13.0 Å². The van der Waals surface area contributed by atoms with Crippen molar-refractivity contribution in [1.29, 1.82) is 0 Å². The number of hydrogen-bond acceptors (Lipinski definition) is 4. The molecule has 2 heterocycles. The average Bonchev–Trinajstić information content (AvgIpc) is 3.14. The van der Waals surface area contributed by atoms with E-state index in [4.69, 9.17) is 9.47 Å². The number of aliphatic imine (C=N–C) groups is 1. The summed E-state index contributed by atoms with van der Waals surface area (Å²) in [7, 11) is 3.49. The van der Waals surface area contributed by atoms with Gasteiger partial charge in [-0.2, -0.15) is 0 Å². The van der Waals surface area contributed by atoms with E-state index in [9.17, 15) is 4.39 Å². The summed E-state index contributed by atoms with van der Waals surface area (Å²) in [6.45, 7) is 3.11. The molecule has 0 aliphatic carbocycles. The number of guanidine groups is 1. The van der Waals surface area contributed by atoms with Gasteiger partial charge in [0.25, 0.3) is 0 Å². The Morgan fingerprint density at radius 1 is 1.39 bits per heavy atom. The number of nitrogens with zero attached hydrogens (tertiary/aromatic N) is 3. The van der Waals surface area contributed by atoms with E-state index < -0.39 is 5.82 Å². The summed E-state index contributed by atoms with van der Waals surface area (Å²) in [5.41, 5.74) is 0.819. The van der Waals surface area contributed by atoms with Crippen LogP contribution in [0.2, 0.25) is 0 Å². The second-order valence-electron chi connectivity index (χ2n) is 6.51. The lowest BCUT2D eigenvalue weighted by Gasteiger charge is -2.21. The normalized spacial score (nSPS) is 16.6. The number of halogens is 2. The molecule has 1 aliphatic heterocycles. The monoisotopic (exact) mass is 500 g/mol. The lowest BCUT2D eigenvalue weighted by molar-refractivity contribution is 0.157. The highest BCUT2D eigenvalue weighted by Crippen LogP contribution is 2.24. The maximum Gasteiger partial charge on any atom is 0.193 e. The Morgan fingerprint density at radius 2 is 2.25 bits per heavy atom. The van der Waals surface area contributed by atoms with Crippen molar-refractivity contribution in [3.05, 3.63) is 54.1 Å². The number of methoxy groups -OCH3 is 1. The molecule has 0 radical (unpaired) electrons. The summed E-state index contributed by atoms with van der Waals surface area (Å²) in [4.78, 5) is 10.5. The minimum atomic E-state index is -0.408. The van der Waals surface area contributed by atoms with E-state index in [1.807, 2.05) is 6.07 Å². The quantitative estimate of drug-likeness (QED) is 0.373. The third kappa shape index (κ3) is 6.03. The fourth-order valence-electron chi connectivity index (χ4n) is 3.18. The van der Waals surface area contributed by atoms with Crippen molar-refractivity contribution in [3.8, 4) is 11.5 Å². The van der Waals surface area contributed by atoms with Gasteiger partial charge < -0.3 is 19.7 Å². The van der Waals surface area contributed by atoms with Crippen molar-refractivity contribution in [1.82, 2.24) is 15.2 Å². The van der Waals surface area contributed by atoms with Crippen LogP contribution in [0.3, 0.4) is 0 Å². The molecule has 0 bridgehead atoms. The van der Waals surface area contributed by atoms with Crippen molar-refractivity contribution >= 4 is 29.9 Å². The van der Waals surface area contributed by atoms with E-state index in [0.717, 1.165) is 37.6 Å². The fraction of sp³-hybridized carbons (Fsp3) is 0.400. The standard InChI is InChI=1S/C20H25FN4O2.HI/c1-22-20(25-9-7-16(13-25)14-26-2)24-11-15-5-6-19(18(21)10-15)27-17-4-3-8-23-12-17;/h3-6,8,10,12,16H,7,9,11,13-14H2,1-2H3,(H,22,24);1H. The van der Waals surface area contributed by atoms with Gasteiger partial charge in [0.15, 0.2) is 17.5 Å². The number of nitrogens with one attached hydrogen (secondary N) is 1. The van der Waals surface area contributed by atoms with Crippen LogP contribution in [0, 0.1) is 11.7 Å². The lowest BCUT2D eigenvalue weighted by atomic mass is 10.1. The summed E-state index contributed by atoms with van der Waals surface area (Å²) in [6, 6.07) is 8.43. The maximum absolute atomic E-state index is 14.4. The summed E-state index contributed by atoms with van der Waals surface area (Å²) in [6.07, 6.45) is 4.28. The molecule has 8 heteroatoms. The smallest absolute Gasteiger partial charge is 0.193 e. The molecule has 28 heavy (non-hydrogen) atoms. The highest BCUT2D eigenvalue weighted by molar-refractivity contribution is 14.0. The lowest BCUT2D eigenvalue weighted by Crippen LogP contribution is -2.39. The second-order valence-corrected chi connectivity index (χ2v) is 6.51. The molecule has 0 amide bonds. The summed E-state index contributed by atoms with van der Waals surface area (Å²) in [5.74, 6) is 1.62. The van der Waals surface area contributed by atoms with Gasteiger partial charge in [0.05, 0.1) is 12.8 Å². The van der Waals surface area contributed by atoms with Crippen LogP contribution in [0.25, 0.3) is 0 Å². The van der Waals surface area contributed by atoms with E-state index in [-0.39, 0.29) is 29.7 Å². The Bertz CT molecular complexity index is 776. The number of pyridine rings is 1. The molecule has 0 spiro atoms. The first kappa shape index (κ1) is 22.4. The third-order valence-corrected chi connectivity index (χ3v) is 4.51. The first-order valence-electron chi connectivity index (χ1n) is 9.00. The Kier molecular flexibility index (Phi) is 8.91. The second kappa shape index (κ2) is 11.2. The third-order valence-electron chi connectivity index (χ3n) is 4.51. The van der Waals surface area contributed by atoms with E-state index >= 15 is 0 Å². The van der Waals surface area contributed by atoms with Crippen LogP contribution in [0.1, 0.15) is 12.0 Å². The first-order chi connectivity index (χ1) is 13.2. The van der Waals surface area contributed by atoms with Gasteiger partial charge in [-0.05, 0) is 36.2 Å². The summed E-state index contributed by atoms with van der Waals surface area (Å²) < 4.78 is 25.1. The molecule has 1 aromatic carbocycles. The van der Waals surface area contributed by atoms with Crippen molar-refractivity contribution in [2.75, 3.05) is 33.9 Å². The van der Waals surface area contributed by atoms with Crippen LogP contribution < -0.4 is 10.1 Å². The van der Waals surface area contributed by atoms with Gasteiger partial charge in [-0.3, -0.25) is 9.98 Å². The SMILES string of the molecule is CN=C(NCc1ccc(Oc2cccnc2)c(F)c1)N1CCC(COC)C1.I. The van der Waals surface area contributed by atoms with E-state index in [2.05, 4.69) is 20.2 Å². The molecule has 1 atom stereocenters. The zero-order valence-corrected chi connectivity index (χ0v) is 18.4. The van der Waals surface area contributed by atoms with Gasteiger partial charge in [0.2, 0.25) is 0 Å².